The van der Waals surface area contributed by atoms with E-state index in [0.29, 0.717) is 0 Å². The molecule has 3 unspecified atom stereocenters. The Bertz CT molecular complexity index is 549. The fourth-order valence-electron chi connectivity index (χ4n) is 4.82. The first-order valence-electron chi connectivity index (χ1n) is 17.0. The smallest absolute Gasteiger partial charge is 0.348 e. The van der Waals surface area contributed by atoms with Crippen molar-refractivity contribution in [3.05, 3.63) is 0 Å². The maximum absolute atomic E-state index is 6.99. The third-order valence-corrected chi connectivity index (χ3v) is 10.1. The van der Waals surface area contributed by atoms with Crippen molar-refractivity contribution in [2.45, 2.75) is 165 Å². The monoisotopic (exact) mass is 584 g/mol. The van der Waals surface area contributed by atoms with Gasteiger partial charge < -0.3 is 13.3 Å². The number of hydrogen-bond acceptors (Lipinski definition) is 6. The minimum atomic E-state index is -3.39. The van der Waals surface area contributed by atoms with Gasteiger partial charge in [-0.2, -0.15) is 0 Å². The zero-order valence-corrected chi connectivity index (χ0v) is 29.5. The normalized spacial score (nSPS) is 15.7. The second-order valence-corrected chi connectivity index (χ2v) is 13.4. The van der Waals surface area contributed by atoms with Gasteiger partial charge in [0, 0.05) is 39.3 Å². The molecule has 0 fully saturated rings. The van der Waals surface area contributed by atoms with Crippen LogP contribution in [0, 0.1) is 11.5 Å². The Morgan fingerprint density at radius 2 is 0.700 bits per heavy atom. The molecule has 0 aromatic carbocycles. The zero-order valence-electron chi connectivity index (χ0n) is 28.5. The molecule has 7 heteroatoms. The first kappa shape index (κ1) is 39.5. The van der Waals surface area contributed by atoms with Gasteiger partial charge in [0.2, 0.25) is 0 Å². The molecule has 0 heterocycles. The predicted octanol–water partition coefficient (Wildman–Crippen LogP) is 8.28. The van der Waals surface area contributed by atoms with Crippen LogP contribution in [0.3, 0.4) is 0 Å². The highest BCUT2D eigenvalue weighted by molar-refractivity contribution is 6.69. The van der Waals surface area contributed by atoms with Gasteiger partial charge in [0.1, 0.15) is 18.7 Å². The molecule has 0 aliphatic heterocycles. The Morgan fingerprint density at radius 1 is 0.475 bits per heavy atom. The van der Waals surface area contributed by atoms with E-state index in [2.05, 4.69) is 88.5 Å². The molecule has 0 saturated heterocycles. The van der Waals surface area contributed by atoms with Crippen molar-refractivity contribution < 1.29 is 13.3 Å². The molecular weight excluding hydrogens is 514 g/mol. The van der Waals surface area contributed by atoms with Crippen LogP contribution < -0.4 is 0 Å². The summed E-state index contributed by atoms with van der Waals surface area (Å²) in [6.45, 7) is 28.0. The first-order valence-corrected chi connectivity index (χ1v) is 18.7. The van der Waals surface area contributed by atoms with Gasteiger partial charge in [-0.1, -0.05) is 80.1 Å². The molecule has 0 N–H and O–H groups in total. The van der Waals surface area contributed by atoms with E-state index in [1.807, 2.05) is 6.92 Å². The van der Waals surface area contributed by atoms with E-state index in [4.69, 9.17) is 13.3 Å². The summed E-state index contributed by atoms with van der Waals surface area (Å²) in [6.07, 6.45) is 13.6. The Kier molecular flexibility index (Phi) is 24.8. The molecule has 0 bridgehead atoms. The Morgan fingerprint density at radius 3 is 0.875 bits per heavy atom. The third kappa shape index (κ3) is 16.8. The standard InChI is InChI=1S/C33H69N3O3Si/c1-11-18-24-34(25-19-12-2)31(8)37-40(30-17-7,38-32(9)35(26-20-13-3)27-21-14-4)39-33(10)36(28-22-15-5)29-23-16-6/h31-33H,11-16,18-29H2,1-10H3. The quantitative estimate of drug-likeness (QED) is 0.0550. The summed E-state index contributed by atoms with van der Waals surface area (Å²) in [7, 11) is -3.39. The summed E-state index contributed by atoms with van der Waals surface area (Å²) in [6, 6.07) is 0. The zero-order chi connectivity index (χ0) is 30.2. The van der Waals surface area contributed by atoms with E-state index in [1.165, 1.54) is 38.5 Å². The lowest BCUT2D eigenvalue weighted by Crippen LogP contribution is -2.58. The molecule has 40 heavy (non-hydrogen) atoms. The van der Waals surface area contributed by atoms with Gasteiger partial charge in [0.05, 0.1) is 0 Å². The van der Waals surface area contributed by atoms with Crippen LogP contribution in [0.15, 0.2) is 0 Å². The van der Waals surface area contributed by atoms with Crippen LogP contribution in [0.1, 0.15) is 146 Å². The van der Waals surface area contributed by atoms with Crippen molar-refractivity contribution in [3.8, 4) is 11.5 Å². The molecule has 0 spiro atoms. The molecule has 3 atom stereocenters. The van der Waals surface area contributed by atoms with Crippen LogP contribution in [0.25, 0.3) is 0 Å². The molecule has 0 rings (SSSR count). The topological polar surface area (TPSA) is 37.4 Å². The molecule has 6 nitrogen and oxygen atoms in total. The van der Waals surface area contributed by atoms with Gasteiger partial charge >= 0.3 is 8.80 Å². The highest BCUT2D eigenvalue weighted by Crippen LogP contribution is 2.23. The molecule has 0 aliphatic rings. The van der Waals surface area contributed by atoms with Crippen LogP contribution in [0.5, 0.6) is 0 Å². The lowest BCUT2D eigenvalue weighted by molar-refractivity contribution is -0.0986. The summed E-state index contributed by atoms with van der Waals surface area (Å²) in [5.41, 5.74) is 3.43. The lowest BCUT2D eigenvalue weighted by atomic mass is 10.2. The van der Waals surface area contributed by atoms with Gasteiger partial charge in [0.25, 0.3) is 0 Å². The molecule has 0 aliphatic carbocycles. The highest BCUT2D eigenvalue weighted by atomic mass is 28.4. The summed E-state index contributed by atoms with van der Waals surface area (Å²) < 4.78 is 21.0. The highest BCUT2D eigenvalue weighted by Gasteiger charge is 2.47. The van der Waals surface area contributed by atoms with Gasteiger partial charge in [-0.25, -0.2) is 0 Å². The maximum atomic E-state index is 6.99. The predicted molar refractivity (Wildman–Crippen MR) is 175 cm³/mol. The average Bonchev–Trinajstić information content (AvgIpc) is 2.93. The van der Waals surface area contributed by atoms with E-state index in [9.17, 15) is 0 Å². The third-order valence-electron chi connectivity index (χ3n) is 7.59. The fraction of sp³-hybridized carbons (Fsp3) is 0.939. The van der Waals surface area contributed by atoms with Crippen LogP contribution in [-0.2, 0) is 13.3 Å². The summed E-state index contributed by atoms with van der Waals surface area (Å²) in [5, 5.41) is 0. The minimum absolute atomic E-state index is 0.121. The molecule has 238 valence electrons. The largest absolute Gasteiger partial charge is 0.595 e. The van der Waals surface area contributed by atoms with Crippen molar-refractivity contribution in [1.82, 2.24) is 14.7 Å². The van der Waals surface area contributed by atoms with Gasteiger partial charge in [-0.05, 0) is 71.8 Å². The number of unbranched alkanes of at least 4 members (excludes halogenated alkanes) is 6. The van der Waals surface area contributed by atoms with E-state index in [0.717, 1.165) is 77.8 Å². The second kappa shape index (κ2) is 25.1. The molecule has 0 aromatic rings. The lowest BCUT2D eigenvalue weighted by Gasteiger charge is -2.40. The molecule has 0 aromatic heterocycles. The van der Waals surface area contributed by atoms with E-state index in [-0.39, 0.29) is 18.7 Å². The molecule has 0 radical (unpaired) electrons. The van der Waals surface area contributed by atoms with Crippen LogP contribution in [0.4, 0.5) is 0 Å². The second-order valence-electron chi connectivity index (χ2n) is 11.3. The van der Waals surface area contributed by atoms with Gasteiger partial charge in [-0.15, -0.1) is 5.92 Å². The van der Waals surface area contributed by atoms with Gasteiger partial charge in [-0.3, -0.25) is 14.7 Å². The van der Waals surface area contributed by atoms with Crippen molar-refractivity contribution in [1.29, 1.82) is 0 Å². The van der Waals surface area contributed by atoms with Crippen molar-refractivity contribution in [2.75, 3.05) is 39.3 Å². The number of hydrogen-bond donors (Lipinski definition) is 0. The van der Waals surface area contributed by atoms with E-state index in [1.54, 1.807) is 0 Å². The fourth-order valence-corrected chi connectivity index (χ4v) is 7.26. The minimum Gasteiger partial charge on any atom is -0.348 e. The average molecular weight is 584 g/mol. The first-order chi connectivity index (χ1) is 19.3. The maximum Gasteiger partial charge on any atom is 0.595 e. The van der Waals surface area contributed by atoms with E-state index >= 15 is 0 Å². The molecule has 0 saturated carbocycles. The van der Waals surface area contributed by atoms with Crippen molar-refractivity contribution >= 4 is 8.80 Å². The number of nitrogens with zero attached hydrogens (tertiary/aromatic N) is 3. The Labute approximate surface area is 252 Å². The van der Waals surface area contributed by atoms with Crippen LogP contribution in [0.2, 0.25) is 0 Å². The summed E-state index contributed by atoms with van der Waals surface area (Å²) in [5.74, 6) is 3.18. The SMILES string of the molecule is CC#C[Si](OC(C)N(CCCC)CCCC)(OC(C)N(CCCC)CCCC)OC(C)N(CCCC)CCCC. The Balaban J connectivity index is 6.31. The van der Waals surface area contributed by atoms with Gasteiger partial charge in [0.15, 0.2) is 0 Å². The summed E-state index contributed by atoms with van der Waals surface area (Å²) in [4.78, 5) is 7.39. The van der Waals surface area contributed by atoms with Crippen molar-refractivity contribution in [3.63, 3.8) is 0 Å². The Hall–Kier alpha value is -0.463. The van der Waals surface area contributed by atoms with E-state index < -0.39 is 8.80 Å². The van der Waals surface area contributed by atoms with Crippen LogP contribution in [-0.4, -0.2) is 81.5 Å². The summed E-state index contributed by atoms with van der Waals surface area (Å²) >= 11 is 0. The molecule has 0 amide bonds. The van der Waals surface area contributed by atoms with Crippen molar-refractivity contribution in [2.24, 2.45) is 0 Å². The van der Waals surface area contributed by atoms with Crippen LogP contribution >= 0.6 is 0 Å². The number of rotatable bonds is 27. The molecular formula is C33H69N3O3Si.